The molecule has 0 saturated carbocycles. The van der Waals surface area contributed by atoms with Crippen LogP contribution in [0.2, 0.25) is 0 Å². The molecule has 0 amide bonds. The van der Waals surface area contributed by atoms with E-state index >= 15 is 0 Å². The van der Waals surface area contributed by atoms with Gasteiger partial charge in [0, 0.05) is 12.8 Å². The third kappa shape index (κ3) is 37.6. The molecule has 0 bridgehead atoms. The highest BCUT2D eigenvalue weighted by Crippen LogP contribution is 2.11. The van der Waals surface area contributed by atoms with Crippen molar-refractivity contribution in [3.63, 3.8) is 0 Å². The van der Waals surface area contributed by atoms with E-state index in [4.69, 9.17) is 14.2 Å². The summed E-state index contributed by atoms with van der Waals surface area (Å²) in [6.45, 7) is 6.10. The number of hydrogen-bond donors (Lipinski definition) is 0. The van der Waals surface area contributed by atoms with Crippen molar-refractivity contribution in [1.29, 1.82) is 0 Å². The molecule has 6 heteroatoms. The molecule has 0 aliphatic rings. The highest BCUT2D eigenvalue weighted by Gasteiger charge is 2.19. The van der Waals surface area contributed by atoms with Crippen molar-refractivity contribution < 1.29 is 28.6 Å². The van der Waals surface area contributed by atoms with Crippen LogP contribution in [0.3, 0.4) is 0 Å². The summed E-state index contributed by atoms with van der Waals surface area (Å²) < 4.78 is 16.4. The zero-order chi connectivity index (χ0) is 38.0. The maximum atomic E-state index is 12.5. The van der Waals surface area contributed by atoms with Crippen LogP contribution in [-0.2, 0) is 28.6 Å². The summed E-state index contributed by atoms with van der Waals surface area (Å²) in [6, 6.07) is 0. The van der Waals surface area contributed by atoms with E-state index in [0.717, 1.165) is 96.3 Å². The zero-order valence-electron chi connectivity index (χ0n) is 33.0. The number of esters is 3. The molecule has 0 fully saturated rings. The average Bonchev–Trinajstić information content (AvgIpc) is 3.14. The molecule has 0 aliphatic carbocycles. The minimum atomic E-state index is -0.842. The van der Waals surface area contributed by atoms with Gasteiger partial charge in [0.25, 0.3) is 0 Å². The fourth-order valence-electron chi connectivity index (χ4n) is 4.91. The fourth-order valence-corrected chi connectivity index (χ4v) is 4.91. The predicted molar refractivity (Wildman–Crippen MR) is 219 cm³/mol. The lowest BCUT2D eigenvalue weighted by Crippen LogP contribution is -2.30. The minimum absolute atomic E-state index is 0.0918. The molecular weight excluding hydrogens is 648 g/mol. The maximum absolute atomic E-state index is 12.5. The van der Waals surface area contributed by atoms with E-state index in [1.54, 1.807) is 6.08 Å². The lowest BCUT2D eigenvalue weighted by molar-refractivity contribution is -0.166. The van der Waals surface area contributed by atoms with Crippen molar-refractivity contribution in [3.05, 3.63) is 97.2 Å². The lowest BCUT2D eigenvalue weighted by Gasteiger charge is -2.18. The molecule has 1 atom stereocenters. The Bertz CT molecular complexity index is 1100. The quantitative estimate of drug-likeness (QED) is 0.0285. The number of rotatable bonds is 34. The number of carbonyl (C=O) groups is 3. The second-order valence-electron chi connectivity index (χ2n) is 12.8. The summed E-state index contributed by atoms with van der Waals surface area (Å²) in [7, 11) is 0. The Morgan fingerprint density at radius 3 is 1.21 bits per heavy atom. The van der Waals surface area contributed by atoms with Gasteiger partial charge in [-0.25, -0.2) is 0 Å². The number of carbonyl (C=O) groups excluding carboxylic acids is 3. The third-order valence-electron chi connectivity index (χ3n) is 7.85. The molecule has 0 aromatic heterocycles. The van der Waals surface area contributed by atoms with Crippen molar-refractivity contribution in [2.45, 2.75) is 162 Å². The van der Waals surface area contributed by atoms with Gasteiger partial charge in [0.15, 0.2) is 6.10 Å². The first-order valence-electron chi connectivity index (χ1n) is 20.2. The fraction of sp³-hybridized carbons (Fsp3) is 0.587. The highest BCUT2D eigenvalue weighted by atomic mass is 16.6. The minimum Gasteiger partial charge on any atom is -0.462 e. The van der Waals surface area contributed by atoms with Gasteiger partial charge >= 0.3 is 17.9 Å². The highest BCUT2D eigenvalue weighted by molar-refractivity contribution is 5.72. The number of allylic oxidation sites excluding steroid dienone is 15. The molecule has 0 aromatic carbocycles. The molecule has 0 aromatic rings. The van der Waals surface area contributed by atoms with Gasteiger partial charge in [-0.3, -0.25) is 14.4 Å². The number of ether oxygens (including phenoxy) is 3. The molecule has 0 heterocycles. The molecule has 6 nitrogen and oxygen atoms in total. The monoisotopic (exact) mass is 721 g/mol. The molecule has 1 unspecified atom stereocenters. The van der Waals surface area contributed by atoms with Crippen molar-refractivity contribution in [1.82, 2.24) is 0 Å². The predicted octanol–water partition coefficient (Wildman–Crippen LogP) is 12.7. The first-order valence-corrected chi connectivity index (χ1v) is 20.2. The van der Waals surface area contributed by atoms with Crippen molar-refractivity contribution >= 4 is 17.9 Å². The first kappa shape index (κ1) is 48.3. The van der Waals surface area contributed by atoms with Crippen molar-refractivity contribution in [3.8, 4) is 0 Å². The van der Waals surface area contributed by atoms with Crippen LogP contribution in [0.4, 0.5) is 0 Å². The molecule has 0 spiro atoms. The van der Waals surface area contributed by atoms with Crippen LogP contribution in [0, 0.1) is 0 Å². The van der Waals surface area contributed by atoms with Crippen LogP contribution >= 0.6 is 0 Å². The average molecular weight is 721 g/mol. The Morgan fingerprint density at radius 1 is 0.404 bits per heavy atom. The Labute approximate surface area is 317 Å². The van der Waals surface area contributed by atoms with Gasteiger partial charge in [-0.15, -0.1) is 0 Å². The summed E-state index contributed by atoms with van der Waals surface area (Å²) in [5.74, 6) is -1.12. The molecular formula is C46H72O6. The van der Waals surface area contributed by atoms with Gasteiger partial charge in [-0.2, -0.15) is 0 Å². The number of unbranched alkanes of at least 4 members (excludes halogenated alkanes) is 8. The van der Waals surface area contributed by atoms with Crippen LogP contribution < -0.4 is 0 Å². The second kappa shape index (κ2) is 40.1. The molecule has 0 N–H and O–H groups in total. The SMILES string of the molecule is CC/C=C\C/C=C\C/C=C\CCCCCCCCC(=O)OCC(COC(=O)CCCC/C=C\C/C=C\CC)OC(=O)C/C=C\C/C=C\C/C=C\CC. The maximum Gasteiger partial charge on any atom is 0.310 e. The first-order chi connectivity index (χ1) is 25.5. The van der Waals surface area contributed by atoms with E-state index in [1.165, 1.54) is 12.8 Å². The Hall–Kier alpha value is -3.67. The summed E-state index contributed by atoms with van der Waals surface area (Å²) >= 11 is 0. The van der Waals surface area contributed by atoms with Gasteiger partial charge in [-0.05, 0) is 89.9 Å². The van der Waals surface area contributed by atoms with Crippen LogP contribution in [0.1, 0.15) is 156 Å². The van der Waals surface area contributed by atoms with E-state index in [2.05, 4.69) is 106 Å². The summed E-state index contributed by atoms with van der Waals surface area (Å²) in [5.41, 5.74) is 0. The van der Waals surface area contributed by atoms with E-state index in [-0.39, 0.29) is 31.6 Å². The largest absolute Gasteiger partial charge is 0.462 e. The second-order valence-corrected chi connectivity index (χ2v) is 12.8. The molecule has 52 heavy (non-hydrogen) atoms. The van der Waals surface area contributed by atoms with Gasteiger partial charge in [0.1, 0.15) is 13.2 Å². The Balaban J connectivity index is 4.47. The van der Waals surface area contributed by atoms with Crippen LogP contribution in [0.5, 0.6) is 0 Å². The topological polar surface area (TPSA) is 78.9 Å². The van der Waals surface area contributed by atoms with Crippen LogP contribution in [-0.4, -0.2) is 37.2 Å². The normalized spacial score (nSPS) is 13.1. The van der Waals surface area contributed by atoms with E-state index in [9.17, 15) is 14.4 Å². The molecule has 292 valence electrons. The molecule has 0 rings (SSSR count). The summed E-state index contributed by atoms with van der Waals surface area (Å²) in [5, 5.41) is 0. The molecule has 0 radical (unpaired) electrons. The molecule has 0 aliphatic heterocycles. The van der Waals surface area contributed by atoms with Crippen LogP contribution in [0.15, 0.2) is 97.2 Å². The lowest BCUT2D eigenvalue weighted by atomic mass is 10.1. The zero-order valence-corrected chi connectivity index (χ0v) is 33.0. The third-order valence-corrected chi connectivity index (χ3v) is 7.85. The molecule has 0 saturated heterocycles. The van der Waals surface area contributed by atoms with Gasteiger partial charge < -0.3 is 14.2 Å². The smallest absolute Gasteiger partial charge is 0.310 e. The number of hydrogen-bond acceptors (Lipinski definition) is 6. The van der Waals surface area contributed by atoms with Gasteiger partial charge in [-0.1, -0.05) is 144 Å². The van der Waals surface area contributed by atoms with E-state index in [0.29, 0.717) is 19.3 Å². The van der Waals surface area contributed by atoms with Gasteiger partial charge in [0.2, 0.25) is 0 Å². The standard InChI is InChI=1S/C46H72O6/c1-4-7-10-13-16-19-20-21-22-23-24-25-28-30-33-36-39-45(48)51-42-43(52-46(49)40-37-34-31-27-18-15-12-9-6-3)41-50-44(47)38-35-32-29-26-17-14-11-8-5-2/h7-12,16-19,21-22,26-27,34,37,43H,4-6,13-15,20,23-25,28-33,35-36,38-42H2,1-3H3/b10-7-,11-8-,12-9-,19-16-,22-21-,26-17-,27-18-,37-34-. The summed E-state index contributed by atoms with van der Waals surface area (Å²) in [6.07, 6.45) is 51.5. The van der Waals surface area contributed by atoms with E-state index in [1.807, 2.05) is 6.08 Å². The van der Waals surface area contributed by atoms with Crippen molar-refractivity contribution in [2.24, 2.45) is 0 Å². The van der Waals surface area contributed by atoms with Crippen molar-refractivity contribution in [2.75, 3.05) is 13.2 Å². The van der Waals surface area contributed by atoms with Crippen LogP contribution in [0.25, 0.3) is 0 Å². The Morgan fingerprint density at radius 2 is 0.750 bits per heavy atom. The van der Waals surface area contributed by atoms with E-state index < -0.39 is 12.1 Å². The summed E-state index contributed by atoms with van der Waals surface area (Å²) in [4.78, 5) is 37.4. The Kier molecular flexibility index (Phi) is 37.3. The van der Waals surface area contributed by atoms with Gasteiger partial charge in [0.05, 0.1) is 6.42 Å².